The number of morpholine rings is 2. The van der Waals surface area contributed by atoms with Crippen molar-refractivity contribution in [1.82, 2.24) is 15.1 Å². The molecule has 0 bridgehead atoms. The van der Waals surface area contributed by atoms with Gasteiger partial charge in [0.25, 0.3) is 0 Å². The van der Waals surface area contributed by atoms with Gasteiger partial charge in [-0.1, -0.05) is 0 Å². The van der Waals surface area contributed by atoms with Gasteiger partial charge >= 0.3 is 0 Å². The van der Waals surface area contributed by atoms with E-state index in [0.717, 1.165) is 59.0 Å². The lowest BCUT2D eigenvalue weighted by Crippen LogP contribution is -2.47. The lowest BCUT2D eigenvalue weighted by molar-refractivity contribution is -0.131. The van der Waals surface area contributed by atoms with Gasteiger partial charge in [0.1, 0.15) is 0 Å². The maximum Gasteiger partial charge on any atom is 0.224 e. The van der Waals surface area contributed by atoms with Gasteiger partial charge in [-0.15, -0.1) is 0 Å². The molecule has 2 unspecified atom stereocenters. The van der Waals surface area contributed by atoms with Gasteiger partial charge in [0.2, 0.25) is 5.91 Å². The van der Waals surface area contributed by atoms with E-state index in [-0.39, 0.29) is 11.9 Å². The van der Waals surface area contributed by atoms with Gasteiger partial charge in [-0.05, 0) is 6.42 Å². The first-order chi connectivity index (χ1) is 9.83. The second-order valence-electron chi connectivity index (χ2n) is 5.86. The molecule has 1 amide bonds. The van der Waals surface area contributed by atoms with E-state index in [0.29, 0.717) is 19.1 Å². The number of amides is 1. The van der Waals surface area contributed by atoms with Crippen LogP contribution in [0, 0.1) is 0 Å². The topological polar surface area (TPSA) is 54.0 Å². The zero-order valence-electron chi connectivity index (χ0n) is 12.1. The number of nitrogens with one attached hydrogen (secondary N) is 1. The fourth-order valence-corrected chi connectivity index (χ4v) is 3.30. The zero-order valence-corrected chi connectivity index (χ0v) is 12.1. The van der Waals surface area contributed by atoms with E-state index in [2.05, 4.69) is 10.2 Å². The minimum atomic E-state index is 0.193. The molecule has 0 aromatic heterocycles. The molecule has 3 saturated heterocycles. The van der Waals surface area contributed by atoms with Crippen LogP contribution in [0.2, 0.25) is 0 Å². The van der Waals surface area contributed by atoms with E-state index in [1.807, 2.05) is 4.90 Å². The second kappa shape index (κ2) is 6.85. The molecule has 0 radical (unpaired) electrons. The number of carbonyl (C=O) groups is 1. The van der Waals surface area contributed by atoms with Crippen molar-refractivity contribution in [2.24, 2.45) is 0 Å². The lowest BCUT2D eigenvalue weighted by Gasteiger charge is -2.32. The zero-order chi connectivity index (χ0) is 13.8. The Morgan fingerprint density at radius 3 is 2.75 bits per heavy atom. The first-order valence-electron chi connectivity index (χ1n) is 7.73. The first-order valence-corrected chi connectivity index (χ1v) is 7.73. The van der Waals surface area contributed by atoms with Crippen LogP contribution in [0.3, 0.4) is 0 Å². The van der Waals surface area contributed by atoms with Gasteiger partial charge < -0.3 is 19.7 Å². The van der Waals surface area contributed by atoms with Crippen LogP contribution in [0.1, 0.15) is 12.8 Å². The summed E-state index contributed by atoms with van der Waals surface area (Å²) in [5.74, 6) is 0.267. The molecular weight excluding hydrogens is 258 g/mol. The number of likely N-dealkylation sites (tertiary alicyclic amines) is 1. The molecule has 0 aromatic rings. The SMILES string of the molecule is O=C(CC1COCCN1)N1CCC(N2CCOCC2)C1. The minimum Gasteiger partial charge on any atom is -0.379 e. The summed E-state index contributed by atoms with van der Waals surface area (Å²) in [6, 6.07) is 0.720. The van der Waals surface area contributed by atoms with E-state index in [1.165, 1.54) is 0 Å². The number of ether oxygens (including phenoxy) is 2. The maximum absolute atomic E-state index is 12.3. The van der Waals surface area contributed by atoms with Crippen molar-refractivity contribution < 1.29 is 14.3 Å². The molecule has 0 saturated carbocycles. The van der Waals surface area contributed by atoms with E-state index in [9.17, 15) is 4.79 Å². The van der Waals surface area contributed by atoms with Crippen LogP contribution in [0.4, 0.5) is 0 Å². The van der Waals surface area contributed by atoms with Crippen molar-refractivity contribution in [1.29, 1.82) is 0 Å². The van der Waals surface area contributed by atoms with E-state index >= 15 is 0 Å². The van der Waals surface area contributed by atoms with Crippen molar-refractivity contribution in [3.63, 3.8) is 0 Å². The van der Waals surface area contributed by atoms with Crippen LogP contribution in [0.15, 0.2) is 0 Å². The van der Waals surface area contributed by atoms with Crippen LogP contribution >= 0.6 is 0 Å². The molecule has 3 fully saturated rings. The standard InChI is InChI=1S/C14H25N3O3/c18-14(9-12-11-20-6-2-15-12)17-3-1-13(10-17)16-4-7-19-8-5-16/h12-13,15H,1-11H2. The number of hydrogen-bond donors (Lipinski definition) is 1. The molecule has 0 aromatic carbocycles. The summed E-state index contributed by atoms with van der Waals surface area (Å²) in [6.07, 6.45) is 1.66. The van der Waals surface area contributed by atoms with Gasteiger partial charge in [0.15, 0.2) is 0 Å². The smallest absolute Gasteiger partial charge is 0.224 e. The van der Waals surface area contributed by atoms with Gasteiger partial charge in [-0.25, -0.2) is 0 Å². The molecule has 2 atom stereocenters. The summed E-state index contributed by atoms with van der Waals surface area (Å²) >= 11 is 0. The summed E-state index contributed by atoms with van der Waals surface area (Å²) in [4.78, 5) is 16.8. The molecule has 6 nitrogen and oxygen atoms in total. The Hall–Kier alpha value is -0.690. The highest BCUT2D eigenvalue weighted by Crippen LogP contribution is 2.18. The fourth-order valence-electron chi connectivity index (χ4n) is 3.30. The molecule has 3 aliphatic rings. The molecule has 3 rings (SSSR count). The molecular formula is C14H25N3O3. The third kappa shape index (κ3) is 3.49. The molecule has 20 heavy (non-hydrogen) atoms. The van der Waals surface area contributed by atoms with E-state index in [1.54, 1.807) is 0 Å². The molecule has 114 valence electrons. The largest absolute Gasteiger partial charge is 0.379 e. The normalized spacial score (nSPS) is 32.5. The molecule has 6 heteroatoms. The molecule has 3 heterocycles. The average molecular weight is 283 g/mol. The van der Waals surface area contributed by atoms with Gasteiger partial charge in [0, 0.05) is 51.2 Å². The maximum atomic E-state index is 12.3. The summed E-state index contributed by atoms with van der Waals surface area (Å²) in [5, 5.41) is 3.35. The number of carbonyl (C=O) groups excluding carboxylic acids is 1. The second-order valence-corrected chi connectivity index (χ2v) is 5.86. The third-order valence-electron chi connectivity index (χ3n) is 4.50. The molecule has 3 aliphatic heterocycles. The Kier molecular flexibility index (Phi) is 4.88. The van der Waals surface area contributed by atoms with Crippen molar-refractivity contribution in [3.05, 3.63) is 0 Å². The summed E-state index contributed by atoms with van der Waals surface area (Å²) in [5.41, 5.74) is 0. The van der Waals surface area contributed by atoms with Crippen LogP contribution < -0.4 is 5.32 Å². The minimum absolute atomic E-state index is 0.193. The molecule has 0 aliphatic carbocycles. The number of rotatable bonds is 3. The van der Waals surface area contributed by atoms with Crippen LogP contribution in [0.5, 0.6) is 0 Å². The van der Waals surface area contributed by atoms with Gasteiger partial charge in [-0.2, -0.15) is 0 Å². The molecule has 1 N–H and O–H groups in total. The highest BCUT2D eigenvalue weighted by Gasteiger charge is 2.32. The van der Waals surface area contributed by atoms with Gasteiger partial charge in [-0.3, -0.25) is 9.69 Å². The van der Waals surface area contributed by atoms with Crippen molar-refractivity contribution in [2.75, 3.05) is 59.2 Å². The predicted molar refractivity (Wildman–Crippen MR) is 74.6 cm³/mol. The Labute approximate surface area is 120 Å². The van der Waals surface area contributed by atoms with Gasteiger partial charge in [0.05, 0.1) is 26.4 Å². The van der Waals surface area contributed by atoms with Crippen LogP contribution in [-0.2, 0) is 14.3 Å². The Morgan fingerprint density at radius 1 is 1.15 bits per heavy atom. The first kappa shape index (κ1) is 14.3. The number of hydrogen-bond acceptors (Lipinski definition) is 5. The number of nitrogens with zero attached hydrogens (tertiary/aromatic N) is 2. The lowest BCUT2D eigenvalue weighted by atomic mass is 10.2. The van der Waals surface area contributed by atoms with Crippen molar-refractivity contribution in [3.8, 4) is 0 Å². The highest BCUT2D eigenvalue weighted by molar-refractivity contribution is 5.77. The predicted octanol–water partition coefficient (Wildman–Crippen LogP) is -0.702. The fraction of sp³-hybridized carbons (Fsp3) is 0.929. The Bertz CT molecular complexity index is 328. The van der Waals surface area contributed by atoms with Crippen molar-refractivity contribution in [2.45, 2.75) is 24.9 Å². The van der Waals surface area contributed by atoms with E-state index < -0.39 is 0 Å². The summed E-state index contributed by atoms with van der Waals surface area (Å²) in [7, 11) is 0. The monoisotopic (exact) mass is 283 g/mol. The van der Waals surface area contributed by atoms with Crippen LogP contribution in [0.25, 0.3) is 0 Å². The quantitative estimate of drug-likeness (QED) is 0.742. The Balaban J connectivity index is 1.45. The molecule has 0 spiro atoms. The summed E-state index contributed by atoms with van der Waals surface area (Å²) in [6.45, 7) is 7.71. The highest BCUT2D eigenvalue weighted by atomic mass is 16.5. The third-order valence-corrected chi connectivity index (χ3v) is 4.50. The average Bonchev–Trinajstić information content (AvgIpc) is 2.99. The van der Waals surface area contributed by atoms with E-state index in [4.69, 9.17) is 9.47 Å². The Morgan fingerprint density at radius 2 is 2.00 bits per heavy atom. The van der Waals surface area contributed by atoms with Crippen LogP contribution in [-0.4, -0.2) is 86.9 Å². The summed E-state index contributed by atoms with van der Waals surface area (Å²) < 4.78 is 10.8. The van der Waals surface area contributed by atoms with Crippen molar-refractivity contribution >= 4 is 5.91 Å².